The molecule has 0 aliphatic rings. The van der Waals surface area contributed by atoms with Crippen molar-refractivity contribution in [3.05, 3.63) is 0 Å². The topological polar surface area (TPSA) is 112 Å². The summed E-state index contributed by atoms with van der Waals surface area (Å²) in [6, 6.07) is 0. The van der Waals surface area contributed by atoms with Crippen molar-refractivity contribution in [2.75, 3.05) is 13.1 Å². The molecule has 8 heteroatoms. The molecule has 0 aliphatic heterocycles. The van der Waals surface area contributed by atoms with Gasteiger partial charge in [-0.1, -0.05) is 11.8 Å². The highest BCUT2D eigenvalue weighted by atomic mass is 32.2. The van der Waals surface area contributed by atoms with Crippen LogP contribution in [0.2, 0.25) is 0 Å². The van der Waals surface area contributed by atoms with Crippen molar-refractivity contribution in [1.82, 2.24) is 4.90 Å². The van der Waals surface area contributed by atoms with E-state index in [4.69, 9.17) is 10.2 Å². The van der Waals surface area contributed by atoms with Crippen molar-refractivity contribution in [2.24, 2.45) is 0 Å². The van der Waals surface area contributed by atoms with E-state index in [1.165, 1.54) is 20.8 Å². The van der Waals surface area contributed by atoms with Gasteiger partial charge in [-0.05, 0) is 13.8 Å². The van der Waals surface area contributed by atoms with Gasteiger partial charge in [-0.25, -0.2) is 0 Å². The minimum atomic E-state index is -1.23. The number of rotatable bonds is 7. The van der Waals surface area contributed by atoms with E-state index < -0.39 is 29.1 Å². The summed E-state index contributed by atoms with van der Waals surface area (Å²) in [5.74, 6) is -2.93. The van der Waals surface area contributed by atoms with E-state index in [2.05, 4.69) is 0 Å². The fourth-order valence-electron chi connectivity index (χ4n) is 1.43. The first kappa shape index (κ1) is 17.4. The molecule has 0 saturated carbocycles. The predicted octanol–water partition coefficient (Wildman–Crippen LogP) is 0.433. The zero-order valence-electron chi connectivity index (χ0n) is 11.0. The number of thioether (sulfide) groups is 1. The van der Waals surface area contributed by atoms with Gasteiger partial charge in [-0.15, -0.1) is 0 Å². The van der Waals surface area contributed by atoms with E-state index in [1.54, 1.807) is 0 Å². The van der Waals surface area contributed by atoms with Crippen molar-refractivity contribution >= 4 is 34.7 Å². The van der Waals surface area contributed by atoms with Crippen LogP contribution in [-0.4, -0.2) is 55.9 Å². The summed E-state index contributed by atoms with van der Waals surface area (Å²) in [4.78, 5) is 45.3. The van der Waals surface area contributed by atoms with Gasteiger partial charge in [0.25, 0.3) is 0 Å². The molecule has 108 valence electrons. The van der Waals surface area contributed by atoms with Gasteiger partial charge in [0.15, 0.2) is 5.12 Å². The summed E-state index contributed by atoms with van der Waals surface area (Å²) in [7, 11) is 0. The second-order valence-corrected chi connectivity index (χ2v) is 6.17. The van der Waals surface area contributed by atoms with Crippen LogP contribution in [0.15, 0.2) is 0 Å². The van der Waals surface area contributed by atoms with Crippen LogP contribution in [0.3, 0.4) is 0 Å². The Bertz CT molecular complexity index is 393. The Labute approximate surface area is 115 Å². The van der Waals surface area contributed by atoms with Gasteiger partial charge >= 0.3 is 11.9 Å². The molecule has 0 aromatic carbocycles. The summed E-state index contributed by atoms with van der Waals surface area (Å²) in [5, 5.41) is 17.0. The second-order valence-electron chi connectivity index (χ2n) is 4.37. The predicted molar refractivity (Wildman–Crippen MR) is 68.8 cm³/mol. The highest BCUT2D eigenvalue weighted by molar-refractivity contribution is 8.15. The first-order valence-electron chi connectivity index (χ1n) is 5.49. The number of nitrogens with zero attached hydrogens (tertiary/aromatic N) is 1. The quantitative estimate of drug-likeness (QED) is 0.699. The highest BCUT2D eigenvalue weighted by Crippen LogP contribution is 2.27. The fourth-order valence-corrected chi connectivity index (χ4v) is 2.37. The lowest BCUT2D eigenvalue weighted by atomic mass is 10.1. The average molecular weight is 291 g/mol. The molecule has 0 aliphatic carbocycles. The molecule has 7 nitrogen and oxygen atoms in total. The maximum Gasteiger partial charge on any atom is 0.323 e. The molecule has 2 N–H and O–H groups in total. The third kappa shape index (κ3) is 6.80. The average Bonchev–Trinajstić information content (AvgIpc) is 2.20. The standard InChI is InChI=1S/C11H17NO6S/c1-7(13)19-11(2,3)10(18)12(6-9(16)17)5-4-8(14)15/h4-6H2,1-3H3,(H,14,15)(H,16,17). The first-order chi connectivity index (χ1) is 8.56. The molecule has 0 unspecified atom stereocenters. The van der Waals surface area contributed by atoms with Crippen molar-refractivity contribution in [3.8, 4) is 0 Å². The Morgan fingerprint density at radius 1 is 1.11 bits per heavy atom. The zero-order chi connectivity index (χ0) is 15.2. The van der Waals surface area contributed by atoms with Gasteiger partial charge in [0.2, 0.25) is 5.91 Å². The number of carbonyl (C=O) groups is 4. The van der Waals surface area contributed by atoms with Gasteiger partial charge < -0.3 is 15.1 Å². The number of hydrogen-bond donors (Lipinski definition) is 2. The Morgan fingerprint density at radius 3 is 2.00 bits per heavy atom. The number of amides is 1. The van der Waals surface area contributed by atoms with Crippen LogP contribution in [0.25, 0.3) is 0 Å². The normalized spacial score (nSPS) is 10.9. The molecule has 0 atom stereocenters. The molecule has 0 heterocycles. The number of hydrogen-bond acceptors (Lipinski definition) is 5. The van der Waals surface area contributed by atoms with E-state index in [1.807, 2.05) is 0 Å². The van der Waals surface area contributed by atoms with Crippen LogP contribution in [0.5, 0.6) is 0 Å². The van der Waals surface area contributed by atoms with E-state index in [9.17, 15) is 19.2 Å². The van der Waals surface area contributed by atoms with E-state index in [0.29, 0.717) is 0 Å². The summed E-state index contributed by atoms with van der Waals surface area (Å²) < 4.78 is -1.13. The lowest BCUT2D eigenvalue weighted by molar-refractivity contribution is -0.146. The van der Waals surface area contributed by atoms with Crippen LogP contribution in [0.4, 0.5) is 0 Å². The zero-order valence-corrected chi connectivity index (χ0v) is 11.8. The maximum atomic E-state index is 12.1. The lowest BCUT2D eigenvalue weighted by Crippen LogP contribution is -2.46. The molecule has 0 saturated heterocycles. The van der Waals surface area contributed by atoms with Crippen molar-refractivity contribution in [2.45, 2.75) is 31.9 Å². The number of carbonyl (C=O) groups excluding carboxylic acids is 2. The lowest BCUT2D eigenvalue weighted by Gasteiger charge is -2.29. The SMILES string of the molecule is CC(=O)SC(C)(C)C(=O)N(CCC(=O)O)CC(=O)O. The Hall–Kier alpha value is -1.57. The Morgan fingerprint density at radius 2 is 1.63 bits per heavy atom. The van der Waals surface area contributed by atoms with Gasteiger partial charge in [0.05, 0.1) is 11.2 Å². The van der Waals surface area contributed by atoms with Crippen LogP contribution >= 0.6 is 11.8 Å². The summed E-state index contributed by atoms with van der Waals surface area (Å²) in [6.07, 6.45) is -0.347. The number of carboxylic acids is 2. The van der Waals surface area contributed by atoms with Gasteiger partial charge in [-0.3, -0.25) is 19.2 Å². The smallest absolute Gasteiger partial charge is 0.323 e. The molecule has 0 rings (SSSR count). The molecule has 0 spiro atoms. The van der Waals surface area contributed by atoms with Crippen molar-refractivity contribution in [1.29, 1.82) is 0 Å². The molecule has 0 radical (unpaired) electrons. The molecular formula is C11H17NO6S. The van der Waals surface area contributed by atoms with Crippen LogP contribution in [0.1, 0.15) is 27.2 Å². The minimum Gasteiger partial charge on any atom is -0.481 e. The minimum absolute atomic E-state index is 0.206. The molecule has 19 heavy (non-hydrogen) atoms. The fraction of sp³-hybridized carbons (Fsp3) is 0.636. The van der Waals surface area contributed by atoms with Crippen molar-refractivity contribution < 1.29 is 29.4 Å². The Kier molecular flexibility index (Phi) is 6.54. The second kappa shape index (κ2) is 7.13. The van der Waals surface area contributed by atoms with Gasteiger partial charge in [0, 0.05) is 13.5 Å². The highest BCUT2D eigenvalue weighted by Gasteiger charge is 2.35. The maximum absolute atomic E-state index is 12.1. The molecule has 1 amide bonds. The monoisotopic (exact) mass is 291 g/mol. The van der Waals surface area contributed by atoms with Crippen LogP contribution in [-0.2, 0) is 19.2 Å². The first-order valence-corrected chi connectivity index (χ1v) is 6.30. The molecule has 0 fully saturated rings. The van der Waals surface area contributed by atoms with Crippen LogP contribution < -0.4 is 0 Å². The molecule has 0 bridgehead atoms. The van der Waals surface area contributed by atoms with E-state index in [-0.39, 0.29) is 18.1 Å². The Balaban J connectivity index is 4.91. The largest absolute Gasteiger partial charge is 0.481 e. The summed E-state index contributed by atoms with van der Waals surface area (Å²) in [5.41, 5.74) is 0. The molecular weight excluding hydrogens is 274 g/mol. The number of carboxylic acid groups (broad SMARTS) is 2. The number of aliphatic carboxylic acids is 2. The summed E-state index contributed by atoms with van der Waals surface area (Å²) in [6.45, 7) is 3.50. The van der Waals surface area contributed by atoms with Crippen molar-refractivity contribution in [3.63, 3.8) is 0 Å². The van der Waals surface area contributed by atoms with Crippen LogP contribution in [0, 0.1) is 0 Å². The third-order valence-electron chi connectivity index (χ3n) is 2.12. The van der Waals surface area contributed by atoms with E-state index >= 15 is 0 Å². The molecule has 0 aromatic rings. The van der Waals surface area contributed by atoms with E-state index in [0.717, 1.165) is 16.7 Å². The van der Waals surface area contributed by atoms with Gasteiger partial charge in [0.1, 0.15) is 6.54 Å². The van der Waals surface area contributed by atoms with Gasteiger partial charge in [-0.2, -0.15) is 0 Å². The third-order valence-corrected chi connectivity index (χ3v) is 3.10. The molecule has 0 aromatic heterocycles. The summed E-state index contributed by atoms with van der Waals surface area (Å²) >= 11 is 0.784.